The molecular weight excluding hydrogens is 288 g/mol. The summed E-state index contributed by atoms with van der Waals surface area (Å²) in [6.45, 7) is 5.06. The summed E-state index contributed by atoms with van der Waals surface area (Å²) in [6.07, 6.45) is 15.1. The Bertz CT molecular complexity index is 450. The van der Waals surface area contributed by atoms with Gasteiger partial charge in [0.2, 0.25) is 0 Å². The zero-order valence-corrected chi connectivity index (χ0v) is 15.2. The number of rotatable bonds is 2. The van der Waals surface area contributed by atoms with Crippen LogP contribution in [0.4, 0.5) is 0 Å². The molecule has 2 nitrogen and oxygen atoms in total. The van der Waals surface area contributed by atoms with Crippen molar-refractivity contribution in [1.82, 2.24) is 10.6 Å². The first kappa shape index (κ1) is 15.2. The fraction of sp³-hybridized carbons (Fsp3) is 0.947. The largest absolute Gasteiger partial charge is 0.360 e. The van der Waals surface area contributed by atoms with Gasteiger partial charge in [-0.25, -0.2) is 0 Å². The third-order valence-electron chi connectivity index (χ3n) is 6.95. The highest BCUT2D eigenvalue weighted by molar-refractivity contribution is 7.80. The van der Waals surface area contributed by atoms with E-state index in [0.29, 0.717) is 22.4 Å². The monoisotopic (exact) mass is 320 g/mol. The molecule has 5 saturated carbocycles. The quantitative estimate of drug-likeness (QED) is 0.731. The molecule has 5 aliphatic rings. The fourth-order valence-corrected chi connectivity index (χ4v) is 7.68. The second-order valence-electron chi connectivity index (χ2n) is 9.84. The van der Waals surface area contributed by atoms with Crippen LogP contribution in [0, 0.1) is 16.7 Å². The van der Waals surface area contributed by atoms with Gasteiger partial charge in [0.25, 0.3) is 0 Å². The van der Waals surface area contributed by atoms with Gasteiger partial charge in [0.05, 0.1) is 0 Å². The third kappa shape index (κ3) is 2.79. The fourth-order valence-electron chi connectivity index (χ4n) is 7.30. The summed E-state index contributed by atoms with van der Waals surface area (Å²) >= 11 is 5.72. The highest BCUT2D eigenvalue weighted by atomic mass is 32.1. The van der Waals surface area contributed by atoms with Gasteiger partial charge in [-0.2, -0.15) is 0 Å². The van der Waals surface area contributed by atoms with Gasteiger partial charge < -0.3 is 10.6 Å². The maximum absolute atomic E-state index is 5.72. The molecule has 0 aromatic carbocycles. The van der Waals surface area contributed by atoms with Crippen molar-refractivity contribution in [3.63, 3.8) is 0 Å². The molecule has 0 heterocycles. The van der Waals surface area contributed by atoms with E-state index < -0.39 is 0 Å². The first-order valence-electron chi connectivity index (χ1n) is 9.47. The van der Waals surface area contributed by atoms with Gasteiger partial charge >= 0.3 is 0 Å². The minimum atomic E-state index is 0.293. The predicted octanol–water partition coefficient (Wildman–Crippen LogP) is 4.53. The molecule has 124 valence electrons. The highest BCUT2D eigenvalue weighted by Crippen LogP contribution is 2.66. The lowest BCUT2D eigenvalue weighted by atomic mass is 9.43. The van der Waals surface area contributed by atoms with Crippen LogP contribution in [-0.2, 0) is 0 Å². The van der Waals surface area contributed by atoms with Gasteiger partial charge in [0.1, 0.15) is 0 Å². The average molecular weight is 321 g/mol. The summed E-state index contributed by atoms with van der Waals surface area (Å²) in [4.78, 5) is 0. The Morgan fingerprint density at radius 1 is 0.909 bits per heavy atom. The lowest BCUT2D eigenvalue weighted by Gasteiger charge is -2.65. The van der Waals surface area contributed by atoms with E-state index in [1.165, 1.54) is 70.6 Å². The molecule has 3 heteroatoms. The van der Waals surface area contributed by atoms with E-state index in [1.54, 1.807) is 0 Å². The topological polar surface area (TPSA) is 24.1 Å². The Morgan fingerprint density at radius 3 is 2.14 bits per heavy atom. The molecule has 5 fully saturated rings. The van der Waals surface area contributed by atoms with Crippen molar-refractivity contribution < 1.29 is 0 Å². The molecule has 0 aromatic heterocycles. The molecular formula is C19H32N2S. The molecule has 0 saturated heterocycles. The van der Waals surface area contributed by atoms with Gasteiger partial charge in [-0.05, 0) is 80.3 Å². The van der Waals surface area contributed by atoms with E-state index >= 15 is 0 Å². The highest BCUT2D eigenvalue weighted by Gasteiger charge is 2.60. The summed E-state index contributed by atoms with van der Waals surface area (Å²) in [5.41, 5.74) is 1.41. The lowest BCUT2D eigenvalue weighted by molar-refractivity contribution is -0.111. The van der Waals surface area contributed by atoms with E-state index in [4.69, 9.17) is 12.2 Å². The standard InChI is InChI=1S/C19H32N2S/c1-17-8-14-9-18(2,11-17)13-19(10-14,12-17)21-16(22)20-15-6-4-3-5-7-15/h14-15H,3-13H2,1-2H3,(H2,20,21,22). The van der Waals surface area contributed by atoms with Crippen molar-refractivity contribution in [1.29, 1.82) is 0 Å². The normalized spacial score (nSPS) is 47.5. The van der Waals surface area contributed by atoms with Crippen LogP contribution in [-0.4, -0.2) is 16.7 Å². The van der Waals surface area contributed by atoms with Crippen molar-refractivity contribution in [3.8, 4) is 0 Å². The predicted molar refractivity (Wildman–Crippen MR) is 95.9 cm³/mol. The zero-order chi connectivity index (χ0) is 15.4. The van der Waals surface area contributed by atoms with Gasteiger partial charge in [-0.3, -0.25) is 0 Å². The van der Waals surface area contributed by atoms with Crippen molar-refractivity contribution >= 4 is 17.3 Å². The van der Waals surface area contributed by atoms with Crippen molar-refractivity contribution in [3.05, 3.63) is 0 Å². The zero-order valence-electron chi connectivity index (χ0n) is 14.3. The summed E-state index contributed by atoms with van der Waals surface area (Å²) in [5.74, 6) is 0.927. The number of thiocarbonyl (C=S) groups is 1. The van der Waals surface area contributed by atoms with Crippen molar-refractivity contribution in [2.75, 3.05) is 0 Å². The summed E-state index contributed by atoms with van der Waals surface area (Å²) in [5, 5.41) is 8.43. The Morgan fingerprint density at radius 2 is 1.55 bits per heavy atom. The molecule has 0 radical (unpaired) electrons. The van der Waals surface area contributed by atoms with Gasteiger partial charge in [0.15, 0.2) is 5.11 Å². The Hall–Kier alpha value is -0.310. The SMILES string of the molecule is CC12CC3CC(C)(C1)CC(NC(=S)NC1CCCCC1)(C3)C2. The van der Waals surface area contributed by atoms with Gasteiger partial charge in [-0.1, -0.05) is 33.1 Å². The maximum atomic E-state index is 5.72. The molecule has 2 unspecified atom stereocenters. The number of hydrogen-bond acceptors (Lipinski definition) is 1. The first-order chi connectivity index (χ1) is 10.4. The third-order valence-corrected chi connectivity index (χ3v) is 7.17. The Kier molecular flexibility index (Phi) is 3.53. The van der Waals surface area contributed by atoms with E-state index in [0.717, 1.165) is 11.0 Å². The van der Waals surface area contributed by atoms with Gasteiger partial charge in [-0.15, -0.1) is 0 Å². The maximum Gasteiger partial charge on any atom is 0.166 e. The molecule has 5 aliphatic carbocycles. The van der Waals surface area contributed by atoms with Crippen LogP contribution >= 0.6 is 12.2 Å². The summed E-state index contributed by atoms with van der Waals surface area (Å²) < 4.78 is 0. The second kappa shape index (κ2) is 5.09. The second-order valence-corrected chi connectivity index (χ2v) is 10.3. The Balaban J connectivity index is 1.44. The molecule has 0 amide bonds. The van der Waals surface area contributed by atoms with Crippen LogP contribution in [0.3, 0.4) is 0 Å². The van der Waals surface area contributed by atoms with E-state index in [9.17, 15) is 0 Å². The summed E-state index contributed by atoms with van der Waals surface area (Å²) in [6, 6.07) is 0.619. The van der Waals surface area contributed by atoms with Crippen molar-refractivity contribution in [2.45, 2.75) is 96.1 Å². The van der Waals surface area contributed by atoms with Crippen LogP contribution in [0.5, 0.6) is 0 Å². The summed E-state index contributed by atoms with van der Waals surface area (Å²) in [7, 11) is 0. The minimum Gasteiger partial charge on any atom is -0.360 e. The van der Waals surface area contributed by atoms with Crippen LogP contribution < -0.4 is 10.6 Å². The average Bonchev–Trinajstić information content (AvgIpc) is 2.34. The molecule has 0 spiro atoms. The molecule has 0 aromatic rings. The van der Waals surface area contributed by atoms with Crippen LogP contribution in [0.25, 0.3) is 0 Å². The van der Waals surface area contributed by atoms with E-state index in [1.807, 2.05) is 0 Å². The molecule has 4 bridgehead atoms. The van der Waals surface area contributed by atoms with Crippen LogP contribution in [0.15, 0.2) is 0 Å². The van der Waals surface area contributed by atoms with Crippen LogP contribution in [0.1, 0.15) is 84.5 Å². The Labute approximate surface area is 141 Å². The lowest BCUT2D eigenvalue weighted by Crippen LogP contribution is -2.66. The number of nitrogens with one attached hydrogen (secondary N) is 2. The minimum absolute atomic E-state index is 0.293. The van der Waals surface area contributed by atoms with Crippen molar-refractivity contribution in [2.24, 2.45) is 16.7 Å². The smallest absolute Gasteiger partial charge is 0.166 e. The van der Waals surface area contributed by atoms with Gasteiger partial charge in [0, 0.05) is 11.6 Å². The number of hydrogen-bond donors (Lipinski definition) is 2. The molecule has 0 aliphatic heterocycles. The van der Waals surface area contributed by atoms with E-state index in [2.05, 4.69) is 24.5 Å². The van der Waals surface area contributed by atoms with E-state index in [-0.39, 0.29) is 0 Å². The van der Waals surface area contributed by atoms with Crippen LogP contribution in [0.2, 0.25) is 0 Å². The molecule has 2 atom stereocenters. The molecule has 22 heavy (non-hydrogen) atoms. The first-order valence-corrected chi connectivity index (χ1v) is 9.87. The molecule has 5 rings (SSSR count). The molecule has 2 N–H and O–H groups in total.